The maximum absolute atomic E-state index is 11.0. The van der Waals surface area contributed by atoms with Crippen molar-refractivity contribution in [3.8, 4) is 11.1 Å². The molecule has 0 unspecified atom stereocenters. The summed E-state index contributed by atoms with van der Waals surface area (Å²) in [7, 11) is 0. The fourth-order valence-corrected chi connectivity index (χ4v) is 2.28. The van der Waals surface area contributed by atoms with Gasteiger partial charge in [0.1, 0.15) is 0 Å². The average molecular weight is 254 g/mol. The Hall–Kier alpha value is -2.16. The van der Waals surface area contributed by atoms with E-state index in [1.54, 1.807) is 18.2 Å². The molecule has 0 spiro atoms. The SMILES string of the molecule is CCc1ccc(-c2ccc[c]c2[N+](=O)[O-])cc1CC. The summed E-state index contributed by atoms with van der Waals surface area (Å²) >= 11 is 0. The zero-order valence-electron chi connectivity index (χ0n) is 11.1. The van der Waals surface area contributed by atoms with Crippen LogP contribution in [0, 0.1) is 16.2 Å². The molecular formula is C16H16NO2. The molecule has 0 fully saturated rings. The second-order valence-electron chi connectivity index (χ2n) is 4.38. The van der Waals surface area contributed by atoms with Crippen LogP contribution in [-0.4, -0.2) is 4.92 Å². The summed E-state index contributed by atoms with van der Waals surface area (Å²) in [5, 5.41) is 11.0. The molecule has 2 rings (SSSR count). The van der Waals surface area contributed by atoms with E-state index in [1.165, 1.54) is 11.1 Å². The van der Waals surface area contributed by atoms with E-state index < -0.39 is 0 Å². The molecule has 0 heterocycles. The fraction of sp³-hybridized carbons (Fsp3) is 0.250. The van der Waals surface area contributed by atoms with Gasteiger partial charge in [0.05, 0.1) is 16.6 Å². The molecule has 1 radical (unpaired) electrons. The number of nitro groups is 1. The minimum atomic E-state index is -0.380. The molecular weight excluding hydrogens is 238 g/mol. The summed E-state index contributed by atoms with van der Waals surface area (Å²) in [4.78, 5) is 10.7. The molecule has 97 valence electrons. The lowest BCUT2D eigenvalue weighted by atomic mass is 9.96. The van der Waals surface area contributed by atoms with Crippen molar-refractivity contribution in [1.29, 1.82) is 0 Å². The van der Waals surface area contributed by atoms with E-state index in [-0.39, 0.29) is 10.6 Å². The number of para-hydroxylation sites is 1. The molecule has 0 aromatic heterocycles. The van der Waals surface area contributed by atoms with Gasteiger partial charge in [-0.3, -0.25) is 10.1 Å². The Morgan fingerprint density at radius 1 is 1.16 bits per heavy atom. The van der Waals surface area contributed by atoms with E-state index in [0.29, 0.717) is 5.56 Å². The number of hydrogen-bond donors (Lipinski definition) is 0. The smallest absolute Gasteiger partial charge is 0.258 e. The third-order valence-corrected chi connectivity index (χ3v) is 3.30. The Morgan fingerprint density at radius 2 is 1.89 bits per heavy atom. The van der Waals surface area contributed by atoms with Gasteiger partial charge in [0.2, 0.25) is 0 Å². The number of nitro benzene ring substituents is 1. The van der Waals surface area contributed by atoms with Crippen LogP contribution in [0.3, 0.4) is 0 Å². The topological polar surface area (TPSA) is 43.1 Å². The molecule has 0 aliphatic rings. The first-order valence-electron chi connectivity index (χ1n) is 6.44. The van der Waals surface area contributed by atoms with Crippen LogP contribution in [0.1, 0.15) is 25.0 Å². The molecule has 2 aromatic rings. The highest BCUT2D eigenvalue weighted by atomic mass is 16.6. The van der Waals surface area contributed by atoms with E-state index in [2.05, 4.69) is 32.0 Å². The lowest BCUT2D eigenvalue weighted by Crippen LogP contribution is -1.95. The van der Waals surface area contributed by atoms with Crippen molar-refractivity contribution >= 4 is 5.69 Å². The van der Waals surface area contributed by atoms with Gasteiger partial charge in [-0.1, -0.05) is 38.1 Å². The molecule has 0 bridgehead atoms. The molecule has 0 saturated heterocycles. The second kappa shape index (κ2) is 5.65. The molecule has 0 aliphatic heterocycles. The summed E-state index contributed by atoms with van der Waals surface area (Å²) in [6, 6.07) is 13.9. The van der Waals surface area contributed by atoms with Gasteiger partial charge in [0.15, 0.2) is 0 Å². The number of nitrogens with zero attached hydrogens (tertiary/aromatic N) is 1. The van der Waals surface area contributed by atoms with Crippen LogP contribution in [0.4, 0.5) is 5.69 Å². The van der Waals surface area contributed by atoms with Gasteiger partial charge in [-0.05, 0) is 41.7 Å². The lowest BCUT2D eigenvalue weighted by molar-refractivity contribution is -0.384. The van der Waals surface area contributed by atoms with Crippen LogP contribution < -0.4 is 0 Å². The summed E-state index contributed by atoms with van der Waals surface area (Å²) in [5.41, 5.74) is 4.10. The van der Waals surface area contributed by atoms with Gasteiger partial charge in [0, 0.05) is 0 Å². The van der Waals surface area contributed by atoms with Crippen LogP contribution in [0.2, 0.25) is 0 Å². The van der Waals surface area contributed by atoms with E-state index >= 15 is 0 Å². The fourth-order valence-electron chi connectivity index (χ4n) is 2.28. The van der Waals surface area contributed by atoms with Gasteiger partial charge < -0.3 is 0 Å². The maximum Gasteiger partial charge on any atom is 0.285 e. The third kappa shape index (κ3) is 2.65. The Bertz CT molecular complexity index is 605. The quantitative estimate of drug-likeness (QED) is 0.606. The van der Waals surface area contributed by atoms with Crippen LogP contribution >= 0.6 is 0 Å². The van der Waals surface area contributed by atoms with E-state index in [0.717, 1.165) is 18.4 Å². The third-order valence-electron chi connectivity index (χ3n) is 3.30. The van der Waals surface area contributed by atoms with Crippen LogP contribution in [0.5, 0.6) is 0 Å². The van der Waals surface area contributed by atoms with Gasteiger partial charge >= 0.3 is 0 Å². The molecule has 0 amide bonds. The Balaban J connectivity index is 2.56. The second-order valence-corrected chi connectivity index (χ2v) is 4.38. The summed E-state index contributed by atoms with van der Waals surface area (Å²) < 4.78 is 0. The number of aryl methyl sites for hydroxylation is 2. The summed E-state index contributed by atoms with van der Waals surface area (Å²) in [6.07, 6.45) is 1.91. The van der Waals surface area contributed by atoms with E-state index in [1.807, 2.05) is 6.07 Å². The van der Waals surface area contributed by atoms with E-state index in [9.17, 15) is 10.1 Å². The van der Waals surface area contributed by atoms with Crippen LogP contribution in [-0.2, 0) is 12.8 Å². The van der Waals surface area contributed by atoms with Gasteiger partial charge in [0.25, 0.3) is 5.69 Å². The van der Waals surface area contributed by atoms with Crippen molar-refractivity contribution in [2.45, 2.75) is 26.7 Å². The number of benzene rings is 2. The van der Waals surface area contributed by atoms with E-state index in [4.69, 9.17) is 0 Å². The van der Waals surface area contributed by atoms with Crippen molar-refractivity contribution in [3.63, 3.8) is 0 Å². The van der Waals surface area contributed by atoms with Crippen molar-refractivity contribution < 1.29 is 4.92 Å². The first kappa shape index (κ1) is 13.3. The van der Waals surface area contributed by atoms with Gasteiger partial charge in [-0.2, -0.15) is 0 Å². The first-order valence-corrected chi connectivity index (χ1v) is 6.44. The molecule has 0 aliphatic carbocycles. The standard InChI is InChI=1S/C16H16NO2/c1-3-12-9-10-14(11-13(12)4-2)15-7-5-6-8-16(15)17(18)19/h5-7,9-11H,3-4H2,1-2H3. The highest BCUT2D eigenvalue weighted by Gasteiger charge is 2.15. The summed E-state index contributed by atoms with van der Waals surface area (Å²) in [6.45, 7) is 4.22. The Labute approximate surface area is 113 Å². The normalized spacial score (nSPS) is 10.4. The Kier molecular flexibility index (Phi) is 3.95. The minimum absolute atomic E-state index is 0.0359. The maximum atomic E-state index is 11.0. The van der Waals surface area contributed by atoms with Crippen molar-refractivity contribution in [2.24, 2.45) is 0 Å². The lowest BCUT2D eigenvalue weighted by Gasteiger charge is -2.09. The monoisotopic (exact) mass is 254 g/mol. The van der Waals surface area contributed by atoms with Gasteiger partial charge in [-0.25, -0.2) is 0 Å². The van der Waals surface area contributed by atoms with Crippen LogP contribution in [0.25, 0.3) is 11.1 Å². The molecule has 2 aromatic carbocycles. The zero-order valence-corrected chi connectivity index (χ0v) is 11.1. The average Bonchev–Trinajstić information content (AvgIpc) is 2.46. The number of rotatable bonds is 4. The summed E-state index contributed by atoms with van der Waals surface area (Å²) in [5.74, 6) is 0. The first-order chi connectivity index (χ1) is 9.17. The molecule has 0 N–H and O–H groups in total. The zero-order chi connectivity index (χ0) is 13.8. The highest BCUT2D eigenvalue weighted by molar-refractivity contribution is 5.73. The highest BCUT2D eigenvalue weighted by Crippen LogP contribution is 2.30. The van der Waals surface area contributed by atoms with Crippen molar-refractivity contribution in [1.82, 2.24) is 0 Å². The predicted molar refractivity (Wildman–Crippen MR) is 76.1 cm³/mol. The number of hydrogen-bond acceptors (Lipinski definition) is 2. The molecule has 0 saturated carbocycles. The van der Waals surface area contributed by atoms with Crippen molar-refractivity contribution in [3.05, 3.63) is 63.7 Å². The largest absolute Gasteiger partial charge is 0.285 e. The minimum Gasteiger partial charge on any atom is -0.258 e. The van der Waals surface area contributed by atoms with Crippen LogP contribution in [0.15, 0.2) is 36.4 Å². The molecule has 19 heavy (non-hydrogen) atoms. The molecule has 3 heteroatoms. The molecule has 3 nitrogen and oxygen atoms in total. The van der Waals surface area contributed by atoms with Gasteiger partial charge in [-0.15, -0.1) is 0 Å². The Morgan fingerprint density at radius 3 is 2.53 bits per heavy atom. The predicted octanol–water partition coefficient (Wildman–Crippen LogP) is 4.19. The molecule has 0 atom stereocenters. The van der Waals surface area contributed by atoms with Crippen molar-refractivity contribution in [2.75, 3.05) is 0 Å².